The summed E-state index contributed by atoms with van der Waals surface area (Å²) in [6.07, 6.45) is 2.04. The van der Waals surface area contributed by atoms with Crippen LogP contribution >= 0.6 is 0 Å². The third-order valence-electron chi connectivity index (χ3n) is 6.15. The number of nitrogens with one attached hydrogen (secondary N) is 1. The average molecular weight is 492 g/mol. The van der Waals surface area contributed by atoms with E-state index in [1.165, 1.54) is 12.1 Å². The second-order valence-electron chi connectivity index (χ2n) is 8.86. The first kappa shape index (κ1) is 25.0. The van der Waals surface area contributed by atoms with Gasteiger partial charge in [-0.1, -0.05) is 12.1 Å². The largest absolute Gasteiger partial charge is 0.493 e. The lowest BCUT2D eigenvalue weighted by Crippen LogP contribution is -2.21. The van der Waals surface area contributed by atoms with E-state index in [1.54, 1.807) is 33.3 Å². The molecule has 1 aromatic heterocycles. The van der Waals surface area contributed by atoms with E-state index < -0.39 is 23.9 Å². The van der Waals surface area contributed by atoms with Crippen molar-refractivity contribution in [2.24, 2.45) is 5.41 Å². The van der Waals surface area contributed by atoms with Gasteiger partial charge in [0.2, 0.25) is 0 Å². The van der Waals surface area contributed by atoms with E-state index in [-0.39, 0.29) is 17.5 Å². The van der Waals surface area contributed by atoms with E-state index in [4.69, 9.17) is 19.3 Å². The normalized spacial score (nSPS) is 14.7. The highest BCUT2D eigenvalue weighted by molar-refractivity contribution is 5.91. The molecule has 4 rings (SSSR count). The number of hydrogen-bond donors (Lipinski definition) is 2. The van der Waals surface area contributed by atoms with Crippen molar-refractivity contribution in [2.45, 2.75) is 32.2 Å². The second kappa shape index (κ2) is 9.87. The molecule has 1 aliphatic rings. The van der Waals surface area contributed by atoms with E-state index in [9.17, 15) is 13.2 Å². The van der Waals surface area contributed by atoms with Crippen molar-refractivity contribution in [3.8, 4) is 11.5 Å². The van der Waals surface area contributed by atoms with Crippen molar-refractivity contribution in [3.63, 3.8) is 0 Å². The summed E-state index contributed by atoms with van der Waals surface area (Å²) < 4.78 is 59.5. The van der Waals surface area contributed by atoms with Gasteiger partial charge in [-0.3, -0.25) is 0 Å². The lowest BCUT2D eigenvalue weighted by molar-refractivity contribution is -0.0583. The molecule has 1 heterocycles. The smallest absolute Gasteiger partial charge is 0.298 e. The molecule has 3 aromatic rings. The molecule has 2 aromatic carbocycles. The molecule has 35 heavy (non-hydrogen) atoms. The van der Waals surface area contributed by atoms with Gasteiger partial charge in [-0.05, 0) is 31.9 Å². The number of alkyl halides is 2. The van der Waals surface area contributed by atoms with Crippen LogP contribution in [0.15, 0.2) is 30.3 Å². The standard InChI is InChI=1S/C25H28F3N3O4/c1-15-30-19-10-20(34-3)21(35-14-24(7-8-24)13-33-2)9-17(19)23(31-15)29-11-16-5-4-6-18(22(16)26)25(27,28)12-32/h4-6,9-10,32H,7-8,11-14H2,1-3H3,(H,29,30,31). The van der Waals surface area contributed by atoms with Gasteiger partial charge in [0.15, 0.2) is 11.5 Å². The van der Waals surface area contributed by atoms with E-state index in [0.717, 1.165) is 18.9 Å². The number of aryl methyl sites for hydroxylation is 1. The topological polar surface area (TPSA) is 85.7 Å². The highest BCUT2D eigenvalue weighted by atomic mass is 19.3. The summed E-state index contributed by atoms with van der Waals surface area (Å²) in [5.41, 5.74) is -0.254. The van der Waals surface area contributed by atoms with Crippen molar-refractivity contribution in [1.82, 2.24) is 9.97 Å². The van der Waals surface area contributed by atoms with Crippen molar-refractivity contribution in [1.29, 1.82) is 0 Å². The van der Waals surface area contributed by atoms with Gasteiger partial charge in [0, 0.05) is 36.1 Å². The van der Waals surface area contributed by atoms with Crippen LogP contribution < -0.4 is 14.8 Å². The second-order valence-corrected chi connectivity index (χ2v) is 8.86. The number of ether oxygens (including phenoxy) is 3. The first-order chi connectivity index (χ1) is 16.7. The highest BCUT2D eigenvalue weighted by Crippen LogP contribution is 2.47. The molecule has 0 atom stereocenters. The van der Waals surface area contributed by atoms with Crippen LogP contribution in [0.25, 0.3) is 10.9 Å². The third-order valence-corrected chi connectivity index (χ3v) is 6.15. The van der Waals surface area contributed by atoms with Gasteiger partial charge in [0.1, 0.15) is 24.1 Å². The summed E-state index contributed by atoms with van der Waals surface area (Å²) >= 11 is 0. The van der Waals surface area contributed by atoms with E-state index in [1.807, 2.05) is 0 Å². The van der Waals surface area contributed by atoms with Crippen molar-refractivity contribution in [2.75, 3.05) is 39.4 Å². The summed E-state index contributed by atoms with van der Waals surface area (Å²) in [5, 5.41) is 12.6. The molecule has 0 aliphatic heterocycles. The number of halogens is 3. The van der Waals surface area contributed by atoms with E-state index in [2.05, 4.69) is 15.3 Å². The number of anilines is 1. The van der Waals surface area contributed by atoms with Crippen LogP contribution in [0.2, 0.25) is 0 Å². The number of aliphatic hydroxyl groups is 1. The first-order valence-corrected chi connectivity index (χ1v) is 11.2. The fourth-order valence-corrected chi connectivity index (χ4v) is 3.97. The Labute approximate surface area is 201 Å². The molecule has 1 saturated carbocycles. The minimum atomic E-state index is -3.68. The summed E-state index contributed by atoms with van der Waals surface area (Å²) in [6.45, 7) is 1.21. The Morgan fingerprint density at radius 1 is 1.11 bits per heavy atom. The Kier molecular flexibility index (Phi) is 7.05. The Morgan fingerprint density at radius 2 is 1.89 bits per heavy atom. The summed E-state index contributed by atoms with van der Waals surface area (Å²) in [4.78, 5) is 8.89. The lowest BCUT2D eigenvalue weighted by atomic mass is 10.0. The molecule has 0 bridgehead atoms. The van der Waals surface area contributed by atoms with Crippen LogP contribution in [-0.2, 0) is 17.2 Å². The Bertz CT molecular complexity index is 1220. The number of hydrogen-bond acceptors (Lipinski definition) is 7. The monoisotopic (exact) mass is 491 g/mol. The van der Waals surface area contributed by atoms with Crippen molar-refractivity contribution in [3.05, 3.63) is 53.1 Å². The zero-order chi connectivity index (χ0) is 25.2. The maximum absolute atomic E-state index is 14.8. The van der Waals surface area contributed by atoms with Crippen LogP contribution in [0.4, 0.5) is 19.0 Å². The number of rotatable bonds is 11. The van der Waals surface area contributed by atoms with Gasteiger partial charge in [-0.15, -0.1) is 0 Å². The summed E-state index contributed by atoms with van der Waals surface area (Å²) in [7, 11) is 3.21. The number of benzene rings is 2. The molecule has 2 N–H and O–H groups in total. The fourth-order valence-electron chi connectivity index (χ4n) is 3.97. The molecular formula is C25H28F3N3O4. The molecule has 0 saturated heterocycles. The van der Waals surface area contributed by atoms with Crippen LogP contribution in [-0.4, -0.2) is 49.1 Å². The predicted octanol–water partition coefficient (Wildman–Crippen LogP) is 4.59. The van der Waals surface area contributed by atoms with Gasteiger partial charge in [-0.25, -0.2) is 14.4 Å². The molecule has 0 unspecified atom stereocenters. The van der Waals surface area contributed by atoms with Crippen LogP contribution in [0.3, 0.4) is 0 Å². The van der Waals surface area contributed by atoms with Crippen LogP contribution in [0.5, 0.6) is 11.5 Å². The van der Waals surface area contributed by atoms with Gasteiger partial charge >= 0.3 is 0 Å². The Hall–Kier alpha value is -3.11. The summed E-state index contributed by atoms with van der Waals surface area (Å²) in [5.74, 6) is -2.87. The molecule has 188 valence electrons. The molecule has 0 spiro atoms. The first-order valence-electron chi connectivity index (χ1n) is 11.2. The number of nitrogens with zero attached hydrogens (tertiary/aromatic N) is 2. The Morgan fingerprint density at radius 3 is 2.54 bits per heavy atom. The minimum Gasteiger partial charge on any atom is -0.493 e. The fraction of sp³-hybridized carbons (Fsp3) is 0.440. The van der Waals surface area contributed by atoms with E-state index in [0.29, 0.717) is 47.3 Å². The van der Waals surface area contributed by atoms with Gasteiger partial charge in [0.25, 0.3) is 5.92 Å². The van der Waals surface area contributed by atoms with Crippen LogP contribution in [0, 0.1) is 18.2 Å². The average Bonchev–Trinajstić information content (AvgIpc) is 3.61. The van der Waals surface area contributed by atoms with Gasteiger partial charge in [0.05, 0.1) is 31.4 Å². The van der Waals surface area contributed by atoms with Crippen molar-refractivity contribution < 1.29 is 32.5 Å². The third kappa shape index (κ3) is 5.28. The zero-order valence-electron chi connectivity index (χ0n) is 19.8. The van der Waals surface area contributed by atoms with Gasteiger partial charge in [-0.2, -0.15) is 8.78 Å². The number of aliphatic hydroxyl groups excluding tert-OH is 1. The lowest BCUT2D eigenvalue weighted by Gasteiger charge is -2.18. The predicted molar refractivity (Wildman–Crippen MR) is 125 cm³/mol. The van der Waals surface area contributed by atoms with Crippen molar-refractivity contribution >= 4 is 16.7 Å². The molecule has 0 radical (unpaired) electrons. The number of aromatic nitrogens is 2. The SMILES string of the molecule is COCC1(COc2cc3c(NCc4cccc(C(F)(F)CO)c4F)nc(C)nc3cc2OC)CC1. The number of methoxy groups -OCH3 is 2. The maximum atomic E-state index is 14.8. The Balaban J connectivity index is 1.63. The molecule has 1 fully saturated rings. The maximum Gasteiger partial charge on any atom is 0.298 e. The quantitative estimate of drug-likeness (QED) is 0.406. The van der Waals surface area contributed by atoms with Gasteiger partial charge < -0.3 is 24.6 Å². The summed E-state index contributed by atoms with van der Waals surface area (Å²) in [6, 6.07) is 7.19. The molecular weight excluding hydrogens is 463 g/mol. The molecule has 1 aliphatic carbocycles. The molecule has 0 amide bonds. The number of fused-ring (bicyclic) bond motifs is 1. The molecule has 7 nitrogen and oxygen atoms in total. The molecule has 10 heteroatoms. The van der Waals surface area contributed by atoms with Crippen LogP contribution in [0.1, 0.15) is 29.8 Å². The zero-order valence-corrected chi connectivity index (χ0v) is 19.8. The highest BCUT2D eigenvalue weighted by Gasteiger charge is 2.43. The van der Waals surface area contributed by atoms with E-state index >= 15 is 0 Å². The minimum absolute atomic E-state index is 0.00124.